The van der Waals surface area contributed by atoms with Crippen LogP contribution in [0.15, 0.2) is 65.6 Å². The fourth-order valence-corrected chi connectivity index (χ4v) is 6.17. The van der Waals surface area contributed by atoms with Crippen molar-refractivity contribution in [3.8, 4) is 5.75 Å². The lowest BCUT2D eigenvalue weighted by molar-refractivity contribution is -0.122. The quantitative estimate of drug-likeness (QED) is 0.377. The minimum Gasteiger partial charge on any atom is -0.479 e. The van der Waals surface area contributed by atoms with Crippen LogP contribution in [0.5, 0.6) is 5.75 Å². The molecule has 196 valence electrons. The maximum atomic E-state index is 13.1. The molecule has 11 heteroatoms. The molecular weight excluding hydrogens is 557 g/mol. The van der Waals surface area contributed by atoms with Crippen LogP contribution < -0.4 is 15.0 Å². The van der Waals surface area contributed by atoms with Crippen LogP contribution >= 0.6 is 34.8 Å². The first-order valence-corrected chi connectivity index (χ1v) is 14.2. The third-order valence-electron chi connectivity index (χ3n) is 6.03. The van der Waals surface area contributed by atoms with Gasteiger partial charge in [-0.05, 0) is 56.3 Å². The van der Waals surface area contributed by atoms with Crippen molar-refractivity contribution in [2.45, 2.75) is 24.8 Å². The highest BCUT2D eigenvalue weighted by molar-refractivity contribution is 7.89. The molecule has 0 aromatic heterocycles. The smallest absolute Gasteiger partial charge is 0.265 e. The lowest BCUT2D eigenvalue weighted by Crippen LogP contribution is -2.49. The third-order valence-corrected chi connectivity index (χ3v) is 8.77. The SMILES string of the molecule is Cc1ccc(S(=O)(=O)N2CCN(c3c(Cl)cccc3NC(=O)[C@H](C)Oc3ccc(Cl)cc3Cl)CC2)cc1. The summed E-state index contributed by atoms with van der Waals surface area (Å²) in [6.07, 6.45) is -0.859. The number of benzene rings is 3. The summed E-state index contributed by atoms with van der Waals surface area (Å²) >= 11 is 18.6. The van der Waals surface area contributed by atoms with E-state index in [4.69, 9.17) is 39.5 Å². The molecule has 1 N–H and O–H groups in total. The largest absolute Gasteiger partial charge is 0.479 e. The number of nitrogens with one attached hydrogen (secondary N) is 1. The zero-order valence-corrected chi connectivity index (χ0v) is 23.3. The van der Waals surface area contributed by atoms with E-state index in [2.05, 4.69) is 5.32 Å². The number of halogens is 3. The molecule has 37 heavy (non-hydrogen) atoms. The van der Waals surface area contributed by atoms with Crippen molar-refractivity contribution < 1.29 is 17.9 Å². The minimum atomic E-state index is -3.60. The van der Waals surface area contributed by atoms with Crippen LogP contribution in [0.3, 0.4) is 0 Å². The van der Waals surface area contributed by atoms with Gasteiger partial charge in [0.15, 0.2) is 6.10 Å². The second-order valence-electron chi connectivity index (χ2n) is 8.66. The van der Waals surface area contributed by atoms with E-state index in [0.717, 1.165) is 5.56 Å². The summed E-state index contributed by atoms with van der Waals surface area (Å²) in [6, 6.07) is 16.8. The normalized spacial score (nSPS) is 15.3. The average Bonchev–Trinajstić information content (AvgIpc) is 2.86. The number of rotatable bonds is 7. The van der Waals surface area contributed by atoms with Gasteiger partial charge in [-0.1, -0.05) is 58.6 Å². The maximum absolute atomic E-state index is 13.1. The van der Waals surface area contributed by atoms with Crippen molar-refractivity contribution in [2.75, 3.05) is 36.4 Å². The topological polar surface area (TPSA) is 79.0 Å². The molecule has 0 unspecified atom stereocenters. The van der Waals surface area contributed by atoms with Gasteiger partial charge >= 0.3 is 0 Å². The highest BCUT2D eigenvalue weighted by Gasteiger charge is 2.30. The van der Waals surface area contributed by atoms with Crippen LogP contribution in [-0.4, -0.2) is 50.9 Å². The second-order valence-corrected chi connectivity index (χ2v) is 11.9. The van der Waals surface area contributed by atoms with Gasteiger partial charge < -0.3 is 15.0 Å². The number of ether oxygens (including phenoxy) is 1. The summed E-state index contributed by atoms with van der Waals surface area (Å²) in [4.78, 5) is 15.2. The summed E-state index contributed by atoms with van der Waals surface area (Å²) in [5, 5.41) is 4.09. The van der Waals surface area contributed by atoms with Gasteiger partial charge in [0, 0.05) is 31.2 Å². The second kappa shape index (κ2) is 11.5. The fraction of sp³-hybridized carbons (Fsp3) is 0.269. The van der Waals surface area contributed by atoms with Crippen molar-refractivity contribution in [1.29, 1.82) is 0 Å². The van der Waals surface area contributed by atoms with Gasteiger partial charge in [-0.25, -0.2) is 8.42 Å². The summed E-state index contributed by atoms with van der Waals surface area (Å²) < 4.78 is 33.4. The Hall–Kier alpha value is -2.49. The first-order valence-electron chi connectivity index (χ1n) is 11.6. The molecule has 1 aliphatic rings. The number of aryl methyl sites for hydroxylation is 1. The summed E-state index contributed by atoms with van der Waals surface area (Å²) in [7, 11) is -3.60. The van der Waals surface area contributed by atoms with Crippen LogP contribution in [0, 0.1) is 6.92 Å². The first kappa shape index (κ1) is 27.5. The van der Waals surface area contributed by atoms with Crippen LogP contribution in [-0.2, 0) is 14.8 Å². The van der Waals surface area contributed by atoms with Gasteiger partial charge in [0.25, 0.3) is 5.91 Å². The first-order chi connectivity index (χ1) is 17.6. The fourth-order valence-electron chi connectivity index (χ4n) is 4.00. The summed E-state index contributed by atoms with van der Waals surface area (Å²) in [5.41, 5.74) is 2.12. The monoisotopic (exact) mass is 581 g/mol. The summed E-state index contributed by atoms with van der Waals surface area (Å²) in [5.74, 6) is -0.0546. The maximum Gasteiger partial charge on any atom is 0.265 e. The van der Waals surface area contributed by atoms with E-state index in [1.54, 1.807) is 61.5 Å². The Kier molecular flexibility index (Phi) is 8.56. The highest BCUT2D eigenvalue weighted by atomic mass is 35.5. The molecular formula is C26H26Cl3N3O4S. The number of hydrogen-bond donors (Lipinski definition) is 1. The van der Waals surface area contributed by atoms with E-state index >= 15 is 0 Å². The van der Waals surface area contributed by atoms with Crippen molar-refractivity contribution in [3.05, 3.63) is 81.3 Å². The molecule has 4 rings (SSSR count). The average molecular weight is 583 g/mol. The Balaban J connectivity index is 1.46. The molecule has 0 aliphatic carbocycles. The number of carbonyl (C=O) groups excluding carboxylic acids is 1. The molecule has 0 spiro atoms. The van der Waals surface area contributed by atoms with Crippen molar-refractivity contribution in [3.63, 3.8) is 0 Å². The van der Waals surface area contributed by atoms with Gasteiger partial charge in [0.05, 0.1) is 26.3 Å². The van der Waals surface area contributed by atoms with Gasteiger partial charge in [0.2, 0.25) is 10.0 Å². The zero-order chi connectivity index (χ0) is 26.7. The highest BCUT2D eigenvalue weighted by Crippen LogP contribution is 2.35. The van der Waals surface area contributed by atoms with Crippen molar-refractivity contribution in [2.24, 2.45) is 0 Å². The molecule has 1 fully saturated rings. The number of piperazine rings is 1. The Morgan fingerprint density at radius 2 is 1.62 bits per heavy atom. The molecule has 1 heterocycles. The zero-order valence-electron chi connectivity index (χ0n) is 20.2. The number of carbonyl (C=O) groups is 1. The number of nitrogens with zero attached hydrogens (tertiary/aromatic N) is 2. The van der Waals surface area contributed by atoms with Crippen LogP contribution in [0.1, 0.15) is 12.5 Å². The summed E-state index contributed by atoms with van der Waals surface area (Å²) in [6.45, 7) is 4.90. The Morgan fingerprint density at radius 1 is 0.946 bits per heavy atom. The van der Waals surface area contributed by atoms with Crippen LogP contribution in [0.25, 0.3) is 0 Å². The van der Waals surface area contributed by atoms with Gasteiger partial charge in [-0.3, -0.25) is 4.79 Å². The lowest BCUT2D eigenvalue weighted by atomic mass is 10.2. The standard InChI is InChI=1S/C26H26Cl3N3O4S/c1-17-6-9-20(10-7-17)37(34,35)32-14-12-31(13-15-32)25-21(28)4-3-5-23(25)30-26(33)18(2)36-24-11-8-19(27)16-22(24)29/h3-11,16,18H,12-15H2,1-2H3,(H,30,33)/t18-/m0/s1. The van der Waals surface area contributed by atoms with Gasteiger partial charge in [-0.15, -0.1) is 0 Å². The van der Waals surface area contributed by atoms with E-state index in [1.807, 2.05) is 11.8 Å². The molecule has 0 saturated carbocycles. The number of anilines is 2. The molecule has 1 amide bonds. The van der Waals surface area contributed by atoms with Crippen molar-refractivity contribution >= 4 is 62.1 Å². The van der Waals surface area contributed by atoms with Crippen molar-refractivity contribution in [1.82, 2.24) is 4.31 Å². The predicted molar refractivity (Wildman–Crippen MR) is 149 cm³/mol. The molecule has 3 aromatic rings. The Labute approximate surface area is 231 Å². The minimum absolute atomic E-state index is 0.270. The number of para-hydroxylation sites is 1. The van der Waals surface area contributed by atoms with Gasteiger partial charge in [-0.2, -0.15) is 4.31 Å². The molecule has 1 saturated heterocycles. The van der Waals surface area contributed by atoms with Crippen LogP contribution in [0.4, 0.5) is 11.4 Å². The third kappa shape index (κ3) is 6.33. The van der Waals surface area contributed by atoms with Gasteiger partial charge in [0.1, 0.15) is 5.75 Å². The molecule has 0 radical (unpaired) electrons. The number of sulfonamides is 1. The molecule has 0 bridgehead atoms. The Morgan fingerprint density at radius 3 is 2.27 bits per heavy atom. The van der Waals surface area contributed by atoms with E-state index in [-0.39, 0.29) is 18.0 Å². The van der Waals surface area contributed by atoms with E-state index in [1.165, 1.54) is 10.4 Å². The Bertz CT molecular complexity index is 1390. The van der Waals surface area contributed by atoms with E-state index in [9.17, 15) is 13.2 Å². The molecule has 3 aromatic carbocycles. The molecule has 1 atom stereocenters. The van der Waals surface area contributed by atoms with E-state index < -0.39 is 22.0 Å². The predicted octanol–water partition coefficient (Wildman–Crippen LogP) is 5.87. The molecule has 1 aliphatic heterocycles. The molecule has 7 nitrogen and oxygen atoms in total. The number of hydrogen-bond acceptors (Lipinski definition) is 5. The van der Waals surface area contributed by atoms with Crippen LogP contribution in [0.2, 0.25) is 15.1 Å². The number of amides is 1. The van der Waals surface area contributed by atoms with E-state index in [0.29, 0.717) is 45.3 Å². The lowest BCUT2D eigenvalue weighted by Gasteiger charge is -2.36.